The van der Waals surface area contributed by atoms with Crippen LogP contribution in [0.3, 0.4) is 0 Å². The van der Waals surface area contributed by atoms with Crippen molar-refractivity contribution in [2.75, 3.05) is 33.4 Å². The van der Waals surface area contributed by atoms with E-state index in [-0.39, 0.29) is 55.7 Å². The number of furan rings is 1. The predicted octanol–water partition coefficient (Wildman–Crippen LogP) is 5.56. The summed E-state index contributed by atoms with van der Waals surface area (Å²) in [5.41, 5.74) is -1.32. The fraction of sp³-hybridized carbons (Fsp3) is 0.394. The lowest BCUT2D eigenvalue weighted by Gasteiger charge is -2.39. The highest BCUT2D eigenvalue weighted by molar-refractivity contribution is 5.86. The van der Waals surface area contributed by atoms with E-state index < -0.39 is 18.3 Å². The van der Waals surface area contributed by atoms with Gasteiger partial charge in [0.2, 0.25) is 5.60 Å². The lowest BCUT2D eigenvalue weighted by atomic mass is 9.90. The number of esters is 1. The molecule has 9 nitrogen and oxygen atoms in total. The first-order valence-corrected chi connectivity index (χ1v) is 14.6. The van der Waals surface area contributed by atoms with Crippen LogP contribution in [0.2, 0.25) is 0 Å². The Hall–Kier alpha value is -4.47. The predicted molar refractivity (Wildman–Crippen MR) is 158 cm³/mol. The summed E-state index contributed by atoms with van der Waals surface area (Å²) in [6.07, 6.45) is -0.0421. The van der Waals surface area contributed by atoms with Gasteiger partial charge in [-0.2, -0.15) is 18.4 Å². The number of β-amino-alcohol motifs (C(OH)–C–C–N with tert-alkyl or cyclic N) is 1. The molecule has 0 radical (unpaired) electrons. The van der Waals surface area contributed by atoms with E-state index in [1.54, 1.807) is 40.7 Å². The van der Waals surface area contributed by atoms with E-state index in [1.807, 2.05) is 6.07 Å². The van der Waals surface area contributed by atoms with Crippen LogP contribution >= 0.6 is 0 Å². The molecule has 1 atom stereocenters. The van der Waals surface area contributed by atoms with Crippen molar-refractivity contribution < 1.29 is 41.7 Å². The normalized spacial score (nSPS) is 15.8. The summed E-state index contributed by atoms with van der Waals surface area (Å²) in [5.74, 6) is 0.559. The maximum Gasteiger partial charge on any atom is 0.422 e. The quantitative estimate of drug-likeness (QED) is 0.216. The number of methoxy groups -OCH3 is 1. The number of alkyl halides is 3. The molecule has 0 saturated carbocycles. The van der Waals surface area contributed by atoms with Gasteiger partial charge in [-0.1, -0.05) is 12.1 Å². The zero-order valence-electron chi connectivity index (χ0n) is 25.0. The summed E-state index contributed by atoms with van der Waals surface area (Å²) in [7, 11) is 1.49. The molecule has 2 aromatic heterocycles. The number of benzene rings is 2. The molecule has 1 aliphatic rings. The summed E-state index contributed by atoms with van der Waals surface area (Å²) >= 11 is 0. The van der Waals surface area contributed by atoms with E-state index in [9.17, 15) is 28.3 Å². The van der Waals surface area contributed by atoms with Crippen LogP contribution in [0.4, 0.5) is 13.2 Å². The second-order valence-electron chi connectivity index (χ2n) is 11.1. The lowest BCUT2D eigenvalue weighted by molar-refractivity contribution is -0.272. The van der Waals surface area contributed by atoms with Crippen LogP contribution < -0.4 is 9.47 Å². The van der Waals surface area contributed by atoms with Crippen molar-refractivity contribution in [1.29, 1.82) is 5.26 Å². The van der Waals surface area contributed by atoms with Crippen molar-refractivity contribution in [3.05, 3.63) is 83.4 Å². The van der Waals surface area contributed by atoms with Gasteiger partial charge in [-0.3, -0.25) is 9.69 Å². The van der Waals surface area contributed by atoms with Crippen LogP contribution in [0.15, 0.2) is 65.6 Å². The molecule has 3 heterocycles. The van der Waals surface area contributed by atoms with E-state index in [0.29, 0.717) is 41.0 Å². The van der Waals surface area contributed by atoms with Crippen LogP contribution in [-0.2, 0) is 28.1 Å². The van der Waals surface area contributed by atoms with Gasteiger partial charge < -0.3 is 28.3 Å². The standard InChI is InChI=1S/C33H34F3N3O6/c1-3-44-31(40)16-22-5-7-29(30(15-22)42-2)45-25-8-11-38(12-9-25)21-32(41,33(34,35)36)27-19-39(18-24-10-13-43-20-24)28-14-23(17-37)4-6-26(27)28/h4-7,10,13-15,19-20,25,41H,3,8-9,11-12,16,18,21H2,1-2H3. The fourth-order valence-corrected chi connectivity index (χ4v) is 5.72. The monoisotopic (exact) mass is 625 g/mol. The van der Waals surface area contributed by atoms with Crippen molar-refractivity contribution in [2.45, 2.75) is 50.6 Å². The average molecular weight is 626 g/mol. The topological polar surface area (TPSA) is 110 Å². The number of fused-ring (bicyclic) bond motifs is 1. The number of likely N-dealkylation sites (tertiary alicyclic amines) is 1. The van der Waals surface area contributed by atoms with Crippen LogP contribution in [-0.4, -0.2) is 66.2 Å². The molecule has 4 aromatic rings. The number of hydrogen-bond acceptors (Lipinski definition) is 8. The Morgan fingerprint density at radius 2 is 1.89 bits per heavy atom. The van der Waals surface area contributed by atoms with E-state index in [0.717, 1.165) is 5.56 Å². The van der Waals surface area contributed by atoms with Gasteiger partial charge >= 0.3 is 12.1 Å². The number of rotatable bonds is 11. The van der Waals surface area contributed by atoms with E-state index in [1.165, 1.54) is 44.0 Å². The summed E-state index contributed by atoms with van der Waals surface area (Å²) in [5, 5.41) is 21.1. The molecule has 1 unspecified atom stereocenters. The van der Waals surface area contributed by atoms with Crippen LogP contribution in [0, 0.1) is 11.3 Å². The average Bonchev–Trinajstić information content (AvgIpc) is 3.66. The van der Waals surface area contributed by atoms with Crippen LogP contribution in [0.25, 0.3) is 10.9 Å². The molecule has 1 N–H and O–H groups in total. The highest BCUT2D eigenvalue weighted by Crippen LogP contribution is 2.44. The fourth-order valence-electron chi connectivity index (χ4n) is 5.72. The minimum absolute atomic E-state index is 0.0897. The maximum atomic E-state index is 14.8. The molecular formula is C33H34F3N3O6. The number of carbonyl (C=O) groups is 1. The Kier molecular flexibility index (Phi) is 9.41. The summed E-state index contributed by atoms with van der Waals surface area (Å²) < 4.78 is 67.7. The molecule has 0 aliphatic carbocycles. The molecular weight excluding hydrogens is 591 g/mol. The summed E-state index contributed by atoms with van der Waals surface area (Å²) in [6, 6.07) is 13.3. The van der Waals surface area contributed by atoms with Crippen LogP contribution in [0.1, 0.15) is 42.0 Å². The molecule has 45 heavy (non-hydrogen) atoms. The Morgan fingerprint density at radius 3 is 2.53 bits per heavy atom. The number of halogens is 3. The molecule has 1 saturated heterocycles. The third-order valence-corrected chi connectivity index (χ3v) is 8.02. The first-order valence-electron chi connectivity index (χ1n) is 14.6. The Labute approximate surface area is 258 Å². The Bertz CT molecular complexity index is 1670. The molecule has 0 spiro atoms. The van der Waals surface area contributed by atoms with Gasteiger partial charge in [0, 0.05) is 42.3 Å². The number of hydrogen-bond donors (Lipinski definition) is 1. The second kappa shape index (κ2) is 13.3. The maximum absolute atomic E-state index is 14.8. The number of piperidine rings is 1. The Balaban J connectivity index is 1.32. The molecule has 1 fully saturated rings. The van der Waals surface area contributed by atoms with Gasteiger partial charge in [0.25, 0.3) is 0 Å². The molecule has 238 valence electrons. The SMILES string of the molecule is CCOC(=O)Cc1ccc(OC2CCN(CC(O)(c3cn(Cc4ccoc4)c4cc(C#N)ccc34)C(F)(F)F)CC2)c(OC)c1. The third kappa shape index (κ3) is 6.95. The molecule has 12 heteroatoms. The zero-order valence-corrected chi connectivity index (χ0v) is 25.0. The smallest absolute Gasteiger partial charge is 0.422 e. The van der Waals surface area contributed by atoms with Gasteiger partial charge in [0.05, 0.1) is 56.4 Å². The highest BCUT2D eigenvalue weighted by atomic mass is 19.4. The first-order chi connectivity index (χ1) is 21.5. The van der Waals surface area contributed by atoms with Gasteiger partial charge in [-0.15, -0.1) is 0 Å². The largest absolute Gasteiger partial charge is 0.493 e. The van der Waals surface area contributed by atoms with Crippen LogP contribution in [0.5, 0.6) is 11.5 Å². The van der Waals surface area contributed by atoms with Gasteiger partial charge in [0.1, 0.15) is 6.10 Å². The van der Waals surface area contributed by atoms with E-state index in [2.05, 4.69) is 0 Å². The van der Waals surface area contributed by atoms with Crippen molar-refractivity contribution in [3.8, 4) is 17.6 Å². The number of aliphatic hydroxyl groups is 1. The minimum Gasteiger partial charge on any atom is -0.493 e. The second-order valence-corrected chi connectivity index (χ2v) is 11.1. The Morgan fingerprint density at radius 1 is 1.11 bits per heavy atom. The summed E-state index contributed by atoms with van der Waals surface area (Å²) in [6.45, 7) is 2.08. The van der Waals surface area contributed by atoms with E-state index >= 15 is 0 Å². The molecule has 5 rings (SSSR count). The summed E-state index contributed by atoms with van der Waals surface area (Å²) in [4.78, 5) is 13.4. The lowest BCUT2D eigenvalue weighted by Crippen LogP contribution is -2.53. The van der Waals surface area contributed by atoms with E-state index in [4.69, 9.17) is 18.6 Å². The third-order valence-electron chi connectivity index (χ3n) is 8.02. The van der Waals surface area contributed by atoms with Crippen molar-refractivity contribution in [1.82, 2.24) is 9.47 Å². The van der Waals surface area contributed by atoms with Gasteiger partial charge in [-0.05, 0) is 55.7 Å². The number of carbonyl (C=O) groups excluding carboxylic acids is 1. The number of nitriles is 1. The molecule has 0 bridgehead atoms. The zero-order chi connectivity index (χ0) is 32.2. The van der Waals surface area contributed by atoms with Crippen molar-refractivity contribution >= 4 is 16.9 Å². The molecule has 1 aliphatic heterocycles. The number of ether oxygens (including phenoxy) is 3. The molecule has 0 amide bonds. The van der Waals surface area contributed by atoms with Gasteiger partial charge in [-0.25, -0.2) is 0 Å². The highest BCUT2D eigenvalue weighted by Gasteiger charge is 2.57. The van der Waals surface area contributed by atoms with Crippen molar-refractivity contribution in [2.24, 2.45) is 0 Å². The van der Waals surface area contributed by atoms with Crippen molar-refractivity contribution in [3.63, 3.8) is 0 Å². The van der Waals surface area contributed by atoms with Gasteiger partial charge in [0.15, 0.2) is 11.5 Å². The number of nitrogens with zero attached hydrogens (tertiary/aromatic N) is 3. The number of aromatic nitrogens is 1. The first kappa shape index (κ1) is 31.9. The minimum atomic E-state index is -4.98. The molecule has 2 aromatic carbocycles.